The van der Waals surface area contributed by atoms with Crippen molar-refractivity contribution in [2.24, 2.45) is 0 Å². The van der Waals surface area contributed by atoms with Gasteiger partial charge in [0.05, 0.1) is 12.5 Å². The van der Waals surface area contributed by atoms with E-state index >= 15 is 0 Å². The van der Waals surface area contributed by atoms with Crippen LogP contribution in [0.1, 0.15) is 25.2 Å². The summed E-state index contributed by atoms with van der Waals surface area (Å²) in [4.78, 5) is 35.9. The lowest BCUT2D eigenvalue weighted by Gasteiger charge is -2.34. The van der Waals surface area contributed by atoms with Crippen LogP contribution in [-0.2, 0) is 9.59 Å². The van der Waals surface area contributed by atoms with Crippen molar-refractivity contribution in [3.8, 4) is 0 Å². The van der Waals surface area contributed by atoms with Gasteiger partial charge in [-0.3, -0.25) is 9.59 Å². The standard InChI is InChI=1S/C10H15N7O4/c1-5(8-13-15-16-14-8)12-10(21)17-3-2-11-9(20)6(17)4-7(18)19/h5-6H,2-4H2,1H3,(H,11,20)(H,12,21)(H,18,19)(H,13,14,15,16). The molecule has 0 aromatic carbocycles. The SMILES string of the molecule is CC(NC(=O)N1CCNC(=O)C1CC(=O)O)c1nn[nH]n1. The lowest BCUT2D eigenvalue weighted by Crippen LogP contribution is -2.60. The zero-order chi connectivity index (χ0) is 15.4. The summed E-state index contributed by atoms with van der Waals surface area (Å²) in [6, 6.07) is -2.10. The molecule has 11 heteroatoms. The van der Waals surface area contributed by atoms with Crippen molar-refractivity contribution in [3.05, 3.63) is 5.82 Å². The Hall–Kier alpha value is -2.72. The van der Waals surface area contributed by atoms with E-state index in [4.69, 9.17) is 5.11 Å². The van der Waals surface area contributed by atoms with Crippen LogP contribution in [0.15, 0.2) is 0 Å². The molecule has 2 unspecified atom stereocenters. The highest BCUT2D eigenvalue weighted by molar-refractivity contribution is 5.91. The number of H-pyrrole nitrogens is 1. The van der Waals surface area contributed by atoms with Crippen molar-refractivity contribution in [1.29, 1.82) is 0 Å². The van der Waals surface area contributed by atoms with Crippen LogP contribution in [0.3, 0.4) is 0 Å². The summed E-state index contributed by atoms with van der Waals surface area (Å²) < 4.78 is 0. The average Bonchev–Trinajstić information content (AvgIpc) is 2.94. The predicted octanol–water partition coefficient (Wildman–Crippen LogP) is -1.75. The minimum Gasteiger partial charge on any atom is -0.481 e. The number of aliphatic carboxylic acids is 1. The number of aromatic nitrogens is 4. The van der Waals surface area contributed by atoms with Crippen molar-refractivity contribution >= 4 is 17.9 Å². The topological polar surface area (TPSA) is 153 Å². The maximum Gasteiger partial charge on any atom is 0.318 e. The Bertz CT molecular complexity index is 532. The maximum absolute atomic E-state index is 12.2. The molecule has 0 spiro atoms. The van der Waals surface area contributed by atoms with Gasteiger partial charge in [-0.1, -0.05) is 5.21 Å². The van der Waals surface area contributed by atoms with E-state index in [1.165, 1.54) is 4.90 Å². The molecule has 1 saturated heterocycles. The van der Waals surface area contributed by atoms with Gasteiger partial charge in [-0.15, -0.1) is 10.2 Å². The molecular formula is C10H15N7O4. The number of carboxylic acid groups (broad SMARTS) is 1. The Morgan fingerprint density at radius 3 is 2.95 bits per heavy atom. The number of carbonyl (C=O) groups excluding carboxylic acids is 2. The second kappa shape index (κ2) is 6.15. The Labute approximate surface area is 119 Å². The molecule has 0 aliphatic carbocycles. The van der Waals surface area contributed by atoms with Crippen LogP contribution in [0.5, 0.6) is 0 Å². The molecule has 1 aromatic heterocycles. The molecule has 21 heavy (non-hydrogen) atoms. The maximum atomic E-state index is 12.2. The van der Waals surface area contributed by atoms with Gasteiger partial charge in [-0.25, -0.2) is 4.79 Å². The van der Waals surface area contributed by atoms with Gasteiger partial charge in [-0.05, 0) is 6.92 Å². The summed E-state index contributed by atoms with van der Waals surface area (Å²) in [6.07, 6.45) is -0.449. The summed E-state index contributed by atoms with van der Waals surface area (Å²) in [5, 5.41) is 27.1. The molecule has 4 N–H and O–H groups in total. The van der Waals surface area contributed by atoms with Crippen LogP contribution in [0.25, 0.3) is 0 Å². The third-order valence-electron chi connectivity index (χ3n) is 3.05. The van der Waals surface area contributed by atoms with E-state index in [0.29, 0.717) is 5.82 Å². The number of aromatic amines is 1. The molecule has 1 aliphatic heterocycles. The van der Waals surface area contributed by atoms with Crippen LogP contribution in [0.2, 0.25) is 0 Å². The molecule has 0 saturated carbocycles. The van der Waals surface area contributed by atoms with Crippen LogP contribution >= 0.6 is 0 Å². The second-order valence-electron chi connectivity index (χ2n) is 4.54. The number of carboxylic acids is 1. The molecule has 1 aromatic rings. The first-order chi connectivity index (χ1) is 9.99. The monoisotopic (exact) mass is 297 g/mol. The summed E-state index contributed by atoms with van der Waals surface area (Å²) in [6.45, 7) is 2.16. The van der Waals surface area contributed by atoms with E-state index in [0.717, 1.165) is 0 Å². The summed E-state index contributed by atoms with van der Waals surface area (Å²) in [7, 11) is 0. The van der Waals surface area contributed by atoms with Crippen LogP contribution in [0, 0.1) is 0 Å². The number of nitrogens with one attached hydrogen (secondary N) is 3. The van der Waals surface area contributed by atoms with Gasteiger partial charge in [0.25, 0.3) is 0 Å². The summed E-state index contributed by atoms with van der Waals surface area (Å²) >= 11 is 0. The Kier molecular flexibility index (Phi) is 4.30. The third-order valence-corrected chi connectivity index (χ3v) is 3.05. The van der Waals surface area contributed by atoms with Crippen molar-refractivity contribution in [2.75, 3.05) is 13.1 Å². The van der Waals surface area contributed by atoms with E-state index in [2.05, 4.69) is 31.3 Å². The number of hydrogen-bond acceptors (Lipinski definition) is 6. The Morgan fingerprint density at radius 1 is 1.57 bits per heavy atom. The van der Waals surface area contributed by atoms with E-state index in [-0.39, 0.29) is 13.1 Å². The fourth-order valence-electron chi connectivity index (χ4n) is 2.01. The molecule has 2 atom stereocenters. The molecule has 114 valence electrons. The van der Waals surface area contributed by atoms with Crippen LogP contribution in [-0.4, -0.2) is 67.7 Å². The van der Waals surface area contributed by atoms with Gasteiger partial charge >= 0.3 is 12.0 Å². The number of piperazine rings is 1. The van der Waals surface area contributed by atoms with E-state index in [1.807, 2.05) is 0 Å². The second-order valence-corrected chi connectivity index (χ2v) is 4.54. The number of nitrogens with zero attached hydrogens (tertiary/aromatic N) is 4. The predicted molar refractivity (Wildman–Crippen MR) is 66.9 cm³/mol. The number of amides is 3. The number of carbonyl (C=O) groups is 3. The molecule has 0 bridgehead atoms. The van der Waals surface area contributed by atoms with Crippen molar-refractivity contribution in [2.45, 2.75) is 25.4 Å². The van der Waals surface area contributed by atoms with E-state index < -0.39 is 36.4 Å². The molecular weight excluding hydrogens is 282 g/mol. The Morgan fingerprint density at radius 2 is 2.33 bits per heavy atom. The lowest BCUT2D eigenvalue weighted by molar-refractivity contribution is -0.142. The van der Waals surface area contributed by atoms with E-state index in [9.17, 15) is 14.4 Å². The van der Waals surface area contributed by atoms with Gasteiger partial charge in [0, 0.05) is 13.1 Å². The average molecular weight is 297 g/mol. The molecule has 1 fully saturated rings. The molecule has 3 amide bonds. The first-order valence-corrected chi connectivity index (χ1v) is 6.29. The van der Waals surface area contributed by atoms with Crippen molar-refractivity contribution < 1.29 is 19.5 Å². The van der Waals surface area contributed by atoms with Gasteiger partial charge in [0.15, 0.2) is 5.82 Å². The van der Waals surface area contributed by atoms with Crippen molar-refractivity contribution in [1.82, 2.24) is 36.2 Å². The summed E-state index contributed by atoms with van der Waals surface area (Å²) in [5.41, 5.74) is 0. The highest BCUT2D eigenvalue weighted by atomic mass is 16.4. The molecule has 11 nitrogen and oxygen atoms in total. The molecule has 0 radical (unpaired) electrons. The smallest absolute Gasteiger partial charge is 0.318 e. The quantitative estimate of drug-likeness (QED) is 0.513. The van der Waals surface area contributed by atoms with Gasteiger partial charge in [0.1, 0.15) is 6.04 Å². The number of hydrogen-bond donors (Lipinski definition) is 4. The highest BCUT2D eigenvalue weighted by Crippen LogP contribution is 2.11. The lowest BCUT2D eigenvalue weighted by atomic mass is 10.1. The third kappa shape index (κ3) is 3.43. The normalized spacial score (nSPS) is 19.8. The fourth-order valence-corrected chi connectivity index (χ4v) is 2.01. The van der Waals surface area contributed by atoms with Gasteiger partial charge in [0.2, 0.25) is 5.91 Å². The molecule has 1 aliphatic rings. The van der Waals surface area contributed by atoms with E-state index in [1.54, 1.807) is 6.92 Å². The number of urea groups is 1. The van der Waals surface area contributed by atoms with Crippen LogP contribution in [0.4, 0.5) is 4.79 Å². The number of tetrazole rings is 1. The first-order valence-electron chi connectivity index (χ1n) is 6.29. The summed E-state index contributed by atoms with van der Waals surface area (Å²) in [5.74, 6) is -1.34. The minimum absolute atomic E-state index is 0.231. The minimum atomic E-state index is -1.15. The zero-order valence-electron chi connectivity index (χ0n) is 11.2. The number of rotatable bonds is 4. The fraction of sp³-hybridized carbons (Fsp3) is 0.600. The van der Waals surface area contributed by atoms with Gasteiger partial charge < -0.3 is 20.6 Å². The largest absolute Gasteiger partial charge is 0.481 e. The molecule has 2 rings (SSSR count). The van der Waals surface area contributed by atoms with Gasteiger partial charge in [-0.2, -0.15) is 5.21 Å². The highest BCUT2D eigenvalue weighted by Gasteiger charge is 2.35. The first kappa shape index (κ1) is 14.7. The van der Waals surface area contributed by atoms with Crippen LogP contribution < -0.4 is 10.6 Å². The van der Waals surface area contributed by atoms with Crippen molar-refractivity contribution in [3.63, 3.8) is 0 Å². The zero-order valence-corrected chi connectivity index (χ0v) is 11.2. The molecule has 2 heterocycles. The Balaban J connectivity index is 2.04.